The van der Waals surface area contributed by atoms with Crippen LogP contribution in [0.5, 0.6) is 0 Å². The standard InChI is InChI=1S/C14H15N5S/c1-9-7-20-8-10(9)6-16-13-11-4-2-3-5-12(11)17-14(18-13)19-15/h2-5,7-8H,6,15H2,1H3,(H2,16,17,18,19). The first-order chi connectivity index (χ1) is 9.78. The number of aryl methyl sites for hydroxylation is 1. The second-order valence-electron chi connectivity index (χ2n) is 4.49. The molecule has 0 bridgehead atoms. The van der Waals surface area contributed by atoms with Crippen molar-refractivity contribution in [3.8, 4) is 0 Å². The highest BCUT2D eigenvalue weighted by molar-refractivity contribution is 7.08. The molecule has 3 aromatic rings. The Kier molecular flexibility index (Phi) is 3.49. The molecule has 0 unspecified atom stereocenters. The molecule has 6 heteroatoms. The fourth-order valence-electron chi connectivity index (χ4n) is 2.02. The van der Waals surface area contributed by atoms with E-state index in [0.717, 1.165) is 23.3 Å². The Bertz CT molecular complexity index is 737. The molecule has 0 saturated carbocycles. The van der Waals surface area contributed by atoms with E-state index in [1.165, 1.54) is 11.1 Å². The molecule has 0 fully saturated rings. The van der Waals surface area contributed by atoms with Crippen LogP contribution in [0.2, 0.25) is 0 Å². The van der Waals surface area contributed by atoms with E-state index in [1.54, 1.807) is 11.3 Å². The van der Waals surface area contributed by atoms with E-state index in [9.17, 15) is 0 Å². The number of hydrazine groups is 1. The van der Waals surface area contributed by atoms with Gasteiger partial charge in [0, 0.05) is 11.9 Å². The monoisotopic (exact) mass is 285 g/mol. The Hall–Kier alpha value is -2.18. The molecule has 0 spiro atoms. The van der Waals surface area contributed by atoms with Gasteiger partial charge in [-0.25, -0.2) is 10.8 Å². The third-order valence-corrected chi connectivity index (χ3v) is 4.05. The number of nitrogens with zero attached hydrogens (tertiary/aromatic N) is 2. The van der Waals surface area contributed by atoms with E-state index < -0.39 is 0 Å². The second-order valence-corrected chi connectivity index (χ2v) is 5.23. The summed E-state index contributed by atoms with van der Waals surface area (Å²) in [7, 11) is 0. The highest BCUT2D eigenvalue weighted by Gasteiger charge is 2.07. The molecule has 2 aromatic heterocycles. The predicted molar refractivity (Wildman–Crippen MR) is 83.7 cm³/mol. The van der Waals surface area contributed by atoms with Crippen LogP contribution in [0.4, 0.5) is 11.8 Å². The van der Waals surface area contributed by atoms with Crippen LogP contribution in [-0.2, 0) is 6.54 Å². The highest BCUT2D eigenvalue weighted by Crippen LogP contribution is 2.23. The van der Waals surface area contributed by atoms with Gasteiger partial charge >= 0.3 is 0 Å². The minimum absolute atomic E-state index is 0.410. The number of benzene rings is 1. The Morgan fingerprint density at radius 2 is 2.05 bits per heavy atom. The summed E-state index contributed by atoms with van der Waals surface area (Å²) < 4.78 is 0. The molecule has 4 N–H and O–H groups in total. The van der Waals surface area contributed by atoms with Crippen molar-refractivity contribution in [2.75, 3.05) is 10.7 Å². The molecule has 0 aliphatic heterocycles. The van der Waals surface area contributed by atoms with Crippen molar-refractivity contribution in [3.05, 3.63) is 46.2 Å². The molecule has 2 heterocycles. The van der Waals surface area contributed by atoms with Gasteiger partial charge in [0.2, 0.25) is 5.95 Å². The molecule has 5 nitrogen and oxygen atoms in total. The van der Waals surface area contributed by atoms with Gasteiger partial charge in [-0.15, -0.1) is 0 Å². The minimum Gasteiger partial charge on any atom is -0.365 e. The van der Waals surface area contributed by atoms with Crippen molar-refractivity contribution in [1.29, 1.82) is 0 Å². The minimum atomic E-state index is 0.410. The number of fused-ring (bicyclic) bond motifs is 1. The Morgan fingerprint density at radius 3 is 2.80 bits per heavy atom. The molecule has 1 aromatic carbocycles. The van der Waals surface area contributed by atoms with Crippen LogP contribution in [0.3, 0.4) is 0 Å². The molecule has 0 amide bonds. The Balaban J connectivity index is 1.95. The first kappa shape index (κ1) is 12.8. The van der Waals surface area contributed by atoms with E-state index in [2.05, 4.69) is 38.4 Å². The van der Waals surface area contributed by atoms with E-state index in [-0.39, 0.29) is 0 Å². The van der Waals surface area contributed by atoms with Crippen LogP contribution in [0.1, 0.15) is 11.1 Å². The molecular weight excluding hydrogens is 270 g/mol. The summed E-state index contributed by atoms with van der Waals surface area (Å²) in [6, 6.07) is 7.86. The van der Waals surface area contributed by atoms with Gasteiger partial charge in [0.15, 0.2) is 0 Å². The third-order valence-electron chi connectivity index (χ3n) is 3.14. The SMILES string of the molecule is Cc1cscc1CNc1nc(NN)nc2ccccc12. The molecule has 3 rings (SSSR count). The number of para-hydroxylation sites is 1. The summed E-state index contributed by atoms with van der Waals surface area (Å²) in [5.41, 5.74) is 5.93. The van der Waals surface area contributed by atoms with Gasteiger partial charge in [-0.05, 0) is 40.9 Å². The predicted octanol–water partition coefficient (Wildman–Crippen LogP) is 2.90. The largest absolute Gasteiger partial charge is 0.365 e. The number of hydrogen-bond donors (Lipinski definition) is 3. The van der Waals surface area contributed by atoms with Crippen LogP contribution in [0.25, 0.3) is 10.9 Å². The summed E-state index contributed by atoms with van der Waals surface area (Å²) in [4.78, 5) is 8.73. The maximum Gasteiger partial charge on any atom is 0.239 e. The average Bonchev–Trinajstić information content (AvgIpc) is 2.89. The van der Waals surface area contributed by atoms with Crippen molar-refractivity contribution in [3.63, 3.8) is 0 Å². The number of hydrogen-bond acceptors (Lipinski definition) is 6. The van der Waals surface area contributed by atoms with Crippen LogP contribution in [0.15, 0.2) is 35.0 Å². The summed E-state index contributed by atoms with van der Waals surface area (Å²) in [5.74, 6) is 6.62. The van der Waals surface area contributed by atoms with E-state index in [1.807, 2.05) is 24.3 Å². The van der Waals surface area contributed by atoms with Crippen molar-refractivity contribution < 1.29 is 0 Å². The van der Waals surface area contributed by atoms with Gasteiger partial charge < -0.3 is 5.32 Å². The number of nitrogen functional groups attached to an aromatic ring is 1. The quantitative estimate of drug-likeness (QED) is 0.507. The van der Waals surface area contributed by atoms with Crippen molar-refractivity contribution in [2.24, 2.45) is 5.84 Å². The zero-order valence-corrected chi connectivity index (χ0v) is 11.9. The summed E-state index contributed by atoms with van der Waals surface area (Å²) in [6.07, 6.45) is 0. The van der Waals surface area contributed by atoms with Crippen molar-refractivity contribution in [2.45, 2.75) is 13.5 Å². The van der Waals surface area contributed by atoms with Crippen LogP contribution < -0.4 is 16.6 Å². The van der Waals surface area contributed by atoms with Gasteiger partial charge in [-0.1, -0.05) is 12.1 Å². The van der Waals surface area contributed by atoms with Crippen LogP contribution in [0, 0.1) is 6.92 Å². The average molecular weight is 285 g/mol. The Morgan fingerprint density at radius 1 is 1.20 bits per heavy atom. The molecule has 0 radical (unpaired) electrons. The van der Waals surface area contributed by atoms with E-state index in [0.29, 0.717) is 5.95 Å². The molecule has 0 saturated heterocycles. The fraction of sp³-hybridized carbons (Fsp3) is 0.143. The lowest BCUT2D eigenvalue weighted by Crippen LogP contribution is -2.12. The smallest absolute Gasteiger partial charge is 0.239 e. The molecule has 0 aliphatic carbocycles. The zero-order valence-electron chi connectivity index (χ0n) is 11.1. The highest BCUT2D eigenvalue weighted by atomic mass is 32.1. The number of rotatable bonds is 4. The number of aromatic nitrogens is 2. The van der Waals surface area contributed by atoms with Gasteiger partial charge in [0.25, 0.3) is 0 Å². The van der Waals surface area contributed by atoms with Crippen molar-refractivity contribution >= 4 is 34.0 Å². The first-order valence-electron chi connectivity index (χ1n) is 6.27. The lowest BCUT2D eigenvalue weighted by molar-refractivity contribution is 1.08. The van der Waals surface area contributed by atoms with Gasteiger partial charge in [0.05, 0.1) is 5.52 Å². The zero-order chi connectivity index (χ0) is 13.9. The van der Waals surface area contributed by atoms with Crippen LogP contribution in [-0.4, -0.2) is 9.97 Å². The van der Waals surface area contributed by atoms with E-state index >= 15 is 0 Å². The normalized spacial score (nSPS) is 10.7. The number of thiophene rings is 1. The second kappa shape index (κ2) is 5.44. The molecule has 102 valence electrons. The summed E-state index contributed by atoms with van der Waals surface area (Å²) >= 11 is 1.71. The lowest BCUT2D eigenvalue weighted by Gasteiger charge is -2.10. The molecule has 0 atom stereocenters. The van der Waals surface area contributed by atoms with Gasteiger partial charge in [0.1, 0.15) is 5.82 Å². The lowest BCUT2D eigenvalue weighted by atomic mass is 10.2. The molecular formula is C14H15N5S. The summed E-state index contributed by atoms with van der Waals surface area (Å²) in [5, 5.41) is 8.64. The molecule has 20 heavy (non-hydrogen) atoms. The van der Waals surface area contributed by atoms with Gasteiger partial charge in [-0.2, -0.15) is 16.3 Å². The van der Waals surface area contributed by atoms with Crippen molar-refractivity contribution in [1.82, 2.24) is 9.97 Å². The van der Waals surface area contributed by atoms with Crippen LogP contribution >= 0.6 is 11.3 Å². The maximum atomic E-state index is 5.42. The summed E-state index contributed by atoms with van der Waals surface area (Å²) in [6.45, 7) is 2.85. The molecule has 0 aliphatic rings. The fourth-order valence-corrected chi connectivity index (χ4v) is 2.88. The number of nitrogens with one attached hydrogen (secondary N) is 2. The first-order valence-corrected chi connectivity index (χ1v) is 7.21. The Labute approximate surface area is 120 Å². The third kappa shape index (κ3) is 2.43. The van der Waals surface area contributed by atoms with Gasteiger partial charge in [-0.3, -0.25) is 5.43 Å². The number of anilines is 2. The van der Waals surface area contributed by atoms with E-state index in [4.69, 9.17) is 5.84 Å². The number of nitrogens with two attached hydrogens (primary N) is 1. The maximum absolute atomic E-state index is 5.42. The topological polar surface area (TPSA) is 75.9 Å².